The average molecular weight is 931 g/mol. The van der Waals surface area contributed by atoms with Gasteiger partial charge in [0, 0.05) is 74.9 Å². The Bertz CT molecular complexity index is 2920. The molecule has 336 valence electrons. The number of rotatable bonds is 10. The largest absolute Gasteiger partial charge is 0.460 e. The van der Waals surface area contributed by atoms with Crippen molar-refractivity contribution in [2.24, 2.45) is 9.98 Å². The maximum absolute atomic E-state index is 13.0. The fraction of sp³-hybridized carbons (Fsp3) is 0.354. The summed E-state index contributed by atoms with van der Waals surface area (Å²) in [7, 11) is 0. The SMILES string of the molecule is Cc1sc2c(c1C)C(c1ccc(Cl)cc1)=N[C@@H](CC(=O)NCCCn1cccc1)c1nnc(C)n1-2.Cc1sc2c(c1C)C(c1ccncc1)=N[C@@H](CC(=O)OC(C)(C)C)c1nnc(C)n1-2. The molecule has 0 bridgehead atoms. The van der Waals surface area contributed by atoms with Gasteiger partial charge in [-0.2, -0.15) is 0 Å². The van der Waals surface area contributed by atoms with Gasteiger partial charge in [-0.3, -0.25) is 33.7 Å². The number of aromatic nitrogens is 8. The standard InChI is InChI=1S/C26H27ClN6OS.C22H25N5O2S/c1-16-17(2)35-26-23(16)24(19-7-9-20(27)10-8-19)29-21(25-31-30-18(3)33(25)26)15-22(34)28-11-6-14-32-12-4-5-13-32;1-12-13(2)30-21-18(12)19(15-7-9-23-10-8-15)24-16(11-17(28)29-22(4,5)6)20-26-25-14(3)27(20)21/h4-5,7-10,12-13,21H,6,11,14-15H2,1-3H3,(H,28,34);7-10,16H,11H2,1-6H3/t21-;16-/m00/s1. The number of carbonyl (C=O) groups is 2. The van der Waals surface area contributed by atoms with E-state index >= 15 is 0 Å². The number of aliphatic imine (C=N–C) groups is 2. The molecule has 6 aromatic heterocycles. The monoisotopic (exact) mass is 929 g/mol. The van der Waals surface area contributed by atoms with Gasteiger partial charge < -0.3 is 14.6 Å². The number of nitrogens with zero attached hydrogens (tertiary/aromatic N) is 10. The molecule has 7 aromatic rings. The molecule has 1 N–H and O–H groups in total. The van der Waals surface area contributed by atoms with E-state index in [-0.39, 0.29) is 24.7 Å². The summed E-state index contributed by atoms with van der Waals surface area (Å²) in [4.78, 5) is 42.4. The summed E-state index contributed by atoms with van der Waals surface area (Å²) in [5, 5.41) is 23.3. The van der Waals surface area contributed by atoms with Gasteiger partial charge in [0.25, 0.3) is 0 Å². The molecule has 0 unspecified atom stereocenters. The third kappa shape index (κ3) is 9.65. The van der Waals surface area contributed by atoms with Crippen molar-refractivity contribution in [1.82, 2.24) is 44.4 Å². The number of nitrogens with one attached hydrogen (secondary N) is 1. The van der Waals surface area contributed by atoms with E-state index in [1.54, 1.807) is 35.1 Å². The predicted octanol–water partition coefficient (Wildman–Crippen LogP) is 9.47. The summed E-state index contributed by atoms with van der Waals surface area (Å²) in [5.41, 5.74) is 7.52. The van der Waals surface area contributed by atoms with Crippen LogP contribution < -0.4 is 5.32 Å². The van der Waals surface area contributed by atoms with Crippen molar-refractivity contribution in [1.29, 1.82) is 0 Å². The fourth-order valence-corrected chi connectivity index (χ4v) is 10.5. The van der Waals surface area contributed by atoms with Gasteiger partial charge in [-0.15, -0.1) is 43.1 Å². The van der Waals surface area contributed by atoms with E-state index in [0.29, 0.717) is 23.2 Å². The van der Waals surface area contributed by atoms with Gasteiger partial charge in [0.1, 0.15) is 39.3 Å². The minimum absolute atomic E-state index is 0.0490. The molecule has 0 saturated heterocycles. The van der Waals surface area contributed by atoms with Gasteiger partial charge in [0.15, 0.2) is 11.6 Å². The molecule has 2 aliphatic rings. The number of thiophene rings is 2. The van der Waals surface area contributed by atoms with Crippen LogP contribution in [0.1, 0.15) is 119 Å². The van der Waals surface area contributed by atoms with Crippen LogP contribution in [0.3, 0.4) is 0 Å². The number of pyridine rings is 1. The van der Waals surface area contributed by atoms with E-state index in [0.717, 1.165) is 68.3 Å². The molecule has 17 heteroatoms. The Morgan fingerprint density at radius 1 is 0.723 bits per heavy atom. The lowest BCUT2D eigenvalue weighted by Gasteiger charge is -2.21. The number of hydrogen-bond donors (Lipinski definition) is 1. The number of hydrogen-bond acceptors (Lipinski definition) is 12. The summed E-state index contributed by atoms with van der Waals surface area (Å²) >= 11 is 9.56. The second-order valence-electron chi connectivity index (χ2n) is 17.2. The Kier molecular flexibility index (Phi) is 13.1. The number of carbonyl (C=O) groups excluding carboxylic acids is 2. The van der Waals surface area contributed by atoms with Crippen molar-refractivity contribution in [2.45, 2.75) is 106 Å². The molecule has 0 radical (unpaired) electrons. The van der Waals surface area contributed by atoms with Gasteiger partial charge >= 0.3 is 5.97 Å². The van der Waals surface area contributed by atoms with Gasteiger partial charge in [-0.05, 0) is 116 Å². The number of halogens is 1. The molecule has 0 saturated carbocycles. The van der Waals surface area contributed by atoms with Crippen molar-refractivity contribution in [3.8, 4) is 10.0 Å². The first kappa shape index (κ1) is 45.5. The highest BCUT2D eigenvalue weighted by Gasteiger charge is 2.35. The van der Waals surface area contributed by atoms with Crippen molar-refractivity contribution in [3.05, 3.63) is 145 Å². The van der Waals surface area contributed by atoms with Crippen molar-refractivity contribution >= 4 is 57.6 Å². The van der Waals surface area contributed by atoms with E-state index in [4.69, 9.17) is 26.3 Å². The molecule has 1 aromatic carbocycles. The van der Waals surface area contributed by atoms with Gasteiger partial charge in [-0.1, -0.05) is 23.7 Å². The third-order valence-electron chi connectivity index (χ3n) is 11.3. The molecule has 0 spiro atoms. The minimum atomic E-state index is -0.560. The second kappa shape index (κ2) is 18.8. The fourth-order valence-electron chi connectivity index (χ4n) is 7.96. The zero-order valence-electron chi connectivity index (χ0n) is 38.0. The van der Waals surface area contributed by atoms with E-state index in [2.05, 4.69) is 67.5 Å². The first-order valence-electron chi connectivity index (χ1n) is 21.5. The Balaban J connectivity index is 0.000000179. The van der Waals surface area contributed by atoms with Gasteiger partial charge in [0.2, 0.25) is 5.91 Å². The lowest BCUT2D eigenvalue weighted by atomic mass is 9.99. The molecule has 0 aliphatic carbocycles. The Hall–Kier alpha value is -6.10. The van der Waals surface area contributed by atoms with Crippen LogP contribution in [0.2, 0.25) is 5.02 Å². The summed E-state index contributed by atoms with van der Waals surface area (Å²) in [6, 6.07) is 14.6. The molecular weight excluding hydrogens is 878 g/mol. The zero-order chi connectivity index (χ0) is 46.2. The molecule has 0 fully saturated rings. The summed E-state index contributed by atoms with van der Waals surface area (Å²) in [5.74, 6) is 2.55. The highest BCUT2D eigenvalue weighted by molar-refractivity contribution is 7.15. The molecule has 14 nitrogen and oxygen atoms in total. The van der Waals surface area contributed by atoms with Crippen molar-refractivity contribution in [2.75, 3.05) is 6.54 Å². The number of aryl methyl sites for hydroxylation is 5. The highest BCUT2D eigenvalue weighted by atomic mass is 35.5. The lowest BCUT2D eigenvalue weighted by molar-refractivity contribution is -0.155. The van der Waals surface area contributed by atoms with Crippen LogP contribution in [0.25, 0.3) is 10.0 Å². The van der Waals surface area contributed by atoms with Gasteiger partial charge in [0.05, 0.1) is 24.3 Å². The normalized spacial score (nSPS) is 15.2. The molecule has 2 atom stereocenters. The third-order valence-corrected chi connectivity index (χ3v) is 13.9. The van der Waals surface area contributed by atoms with Crippen LogP contribution in [-0.4, -0.2) is 74.5 Å². The number of fused-ring (bicyclic) bond motifs is 6. The molecular formula is C48H52ClN11O3S2. The molecule has 8 heterocycles. The minimum Gasteiger partial charge on any atom is -0.460 e. The molecule has 1 amide bonds. The number of esters is 1. The Morgan fingerprint density at radius 3 is 1.75 bits per heavy atom. The molecule has 9 rings (SSSR count). The van der Waals surface area contributed by atoms with Crippen LogP contribution in [0, 0.1) is 41.5 Å². The Labute approximate surface area is 391 Å². The van der Waals surface area contributed by atoms with E-state index in [1.807, 2.05) is 100 Å². The number of benzene rings is 1. The van der Waals surface area contributed by atoms with Crippen LogP contribution in [0.4, 0.5) is 0 Å². The highest BCUT2D eigenvalue weighted by Crippen LogP contribution is 2.41. The zero-order valence-corrected chi connectivity index (χ0v) is 40.4. The molecule has 65 heavy (non-hydrogen) atoms. The number of ether oxygens (including phenoxy) is 1. The second-order valence-corrected chi connectivity index (χ2v) is 20.0. The average Bonchev–Trinajstić information content (AvgIpc) is 4.08. The van der Waals surface area contributed by atoms with Crippen LogP contribution in [0.5, 0.6) is 0 Å². The Morgan fingerprint density at radius 2 is 1.23 bits per heavy atom. The van der Waals surface area contributed by atoms with Crippen LogP contribution in [-0.2, 0) is 20.9 Å². The smallest absolute Gasteiger partial charge is 0.308 e. The first-order valence-corrected chi connectivity index (χ1v) is 23.6. The summed E-state index contributed by atoms with van der Waals surface area (Å²) < 4.78 is 11.8. The van der Waals surface area contributed by atoms with Crippen molar-refractivity contribution < 1.29 is 14.3 Å². The predicted molar refractivity (Wildman–Crippen MR) is 256 cm³/mol. The van der Waals surface area contributed by atoms with Crippen LogP contribution in [0.15, 0.2) is 83.3 Å². The number of amides is 1. The summed E-state index contributed by atoms with van der Waals surface area (Å²) in [6.07, 6.45) is 8.71. The topological polar surface area (TPSA) is 159 Å². The quantitative estimate of drug-likeness (QED) is 0.105. The van der Waals surface area contributed by atoms with Gasteiger partial charge in [-0.25, -0.2) is 0 Å². The maximum Gasteiger partial charge on any atom is 0.308 e. The van der Waals surface area contributed by atoms with E-state index in [9.17, 15) is 9.59 Å². The van der Waals surface area contributed by atoms with E-state index in [1.165, 1.54) is 20.9 Å². The van der Waals surface area contributed by atoms with Crippen molar-refractivity contribution in [3.63, 3.8) is 0 Å². The van der Waals surface area contributed by atoms with Crippen LogP contribution >= 0.6 is 34.3 Å². The summed E-state index contributed by atoms with van der Waals surface area (Å²) in [6.45, 7) is 19.4. The molecule has 2 aliphatic heterocycles. The first-order chi connectivity index (χ1) is 31.1. The lowest BCUT2D eigenvalue weighted by Crippen LogP contribution is -2.27. The van der Waals surface area contributed by atoms with E-state index < -0.39 is 17.7 Å². The maximum atomic E-state index is 13.0.